The molecule has 146 valence electrons. The lowest BCUT2D eigenvalue weighted by molar-refractivity contribution is -0.119. The number of nitrogens with one attached hydrogen (secondary N) is 1. The summed E-state index contributed by atoms with van der Waals surface area (Å²) in [6.07, 6.45) is 3.63. The van der Waals surface area contributed by atoms with Crippen molar-refractivity contribution in [3.8, 4) is 11.4 Å². The van der Waals surface area contributed by atoms with Crippen molar-refractivity contribution in [3.63, 3.8) is 0 Å². The fourth-order valence-electron chi connectivity index (χ4n) is 2.95. The Morgan fingerprint density at radius 3 is 2.96 bits per heavy atom. The summed E-state index contributed by atoms with van der Waals surface area (Å²) in [5, 5.41) is 11.9. The maximum absolute atomic E-state index is 12.1. The van der Waals surface area contributed by atoms with Gasteiger partial charge in [-0.05, 0) is 37.1 Å². The quantitative estimate of drug-likeness (QED) is 0.471. The summed E-state index contributed by atoms with van der Waals surface area (Å²) < 4.78 is 12.3. The van der Waals surface area contributed by atoms with Crippen LogP contribution in [0.15, 0.2) is 35.6 Å². The predicted molar refractivity (Wildman–Crippen MR) is 104 cm³/mol. The lowest BCUT2D eigenvalue weighted by Crippen LogP contribution is -2.32. The van der Waals surface area contributed by atoms with Crippen molar-refractivity contribution in [2.24, 2.45) is 0 Å². The first-order chi connectivity index (χ1) is 13.7. The molecule has 1 atom stereocenters. The third kappa shape index (κ3) is 4.07. The molecule has 1 aliphatic rings. The molecule has 1 amide bonds. The van der Waals surface area contributed by atoms with Crippen molar-refractivity contribution in [3.05, 3.63) is 30.6 Å². The highest BCUT2D eigenvalue weighted by molar-refractivity contribution is 8.00. The number of hydrogen-bond donors (Lipinski definition) is 1. The third-order valence-electron chi connectivity index (χ3n) is 4.41. The summed E-state index contributed by atoms with van der Waals surface area (Å²) in [6, 6.07) is 7.44. The Balaban J connectivity index is 1.44. The Hall–Kier alpha value is -2.72. The van der Waals surface area contributed by atoms with E-state index in [1.54, 1.807) is 11.8 Å². The van der Waals surface area contributed by atoms with Crippen molar-refractivity contribution < 1.29 is 14.3 Å². The van der Waals surface area contributed by atoms with Gasteiger partial charge in [-0.2, -0.15) is 4.68 Å². The van der Waals surface area contributed by atoms with Crippen LogP contribution in [0.1, 0.15) is 12.8 Å². The third-order valence-corrected chi connectivity index (χ3v) is 5.39. The van der Waals surface area contributed by atoms with Gasteiger partial charge in [-0.3, -0.25) is 4.79 Å². The Labute approximate surface area is 165 Å². The van der Waals surface area contributed by atoms with Gasteiger partial charge in [0.05, 0.1) is 24.7 Å². The average Bonchev–Trinajstić information content (AvgIpc) is 3.41. The molecule has 0 bridgehead atoms. The van der Waals surface area contributed by atoms with E-state index in [4.69, 9.17) is 9.47 Å². The van der Waals surface area contributed by atoms with Crippen LogP contribution in [0, 0.1) is 0 Å². The van der Waals surface area contributed by atoms with Crippen LogP contribution in [0.2, 0.25) is 0 Å². The Kier molecular flexibility index (Phi) is 5.68. The monoisotopic (exact) mass is 400 g/mol. The van der Waals surface area contributed by atoms with Crippen LogP contribution < -0.4 is 10.1 Å². The molecule has 0 spiro atoms. The number of methoxy groups -OCH3 is 1. The van der Waals surface area contributed by atoms with E-state index >= 15 is 0 Å². The first-order valence-electron chi connectivity index (χ1n) is 8.96. The SMILES string of the molecule is COc1ccc(-n2nnc3c(SCC(=O)NC[C@H]4CCCO4)ncnc32)cc1. The zero-order valence-electron chi connectivity index (χ0n) is 15.4. The Morgan fingerprint density at radius 2 is 2.21 bits per heavy atom. The minimum Gasteiger partial charge on any atom is -0.497 e. The fraction of sp³-hybridized carbons (Fsp3) is 0.389. The normalized spacial score (nSPS) is 16.4. The molecule has 9 nitrogen and oxygen atoms in total. The highest BCUT2D eigenvalue weighted by Gasteiger charge is 2.17. The maximum Gasteiger partial charge on any atom is 0.230 e. The molecule has 1 saturated heterocycles. The maximum atomic E-state index is 12.1. The van der Waals surface area contributed by atoms with E-state index in [0.29, 0.717) is 22.7 Å². The number of rotatable bonds is 7. The summed E-state index contributed by atoms with van der Waals surface area (Å²) in [5.41, 5.74) is 1.96. The fourth-order valence-corrected chi connectivity index (χ4v) is 3.71. The molecule has 0 radical (unpaired) electrons. The summed E-state index contributed by atoms with van der Waals surface area (Å²) in [4.78, 5) is 20.7. The predicted octanol–water partition coefficient (Wildman–Crippen LogP) is 1.61. The van der Waals surface area contributed by atoms with Gasteiger partial charge in [0.15, 0.2) is 11.2 Å². The van der Waals surface area contributed by atoms with Crippen molar-refractivity contribution in [2.45, 2.75) is 24.0 Å². The second kappa shape index (κ2) is 8.53. The van der Waals surface area contributed by atoms with Crippen LogP contribution in [0.3, 0.4) is 0 Å². The van der Waals surface area contributed by atoms with Gasteiger partial charge in [0.25, 0.3) is 0 Å². The molecule has 28 heavy (non-hydrogen) atoms. The first-order valence-corrected chi connectivity index (χ1v) is 9.95. The van der Waals surface area contributed by atoms with Gasteiger partial charge in [-0.1, -0.05) is 17.0 Å². The lowest BCUT2D eigenvalue weighted by Gasteiger charge is -2.10. The number of ether oxygens (including phenoxy) is 2. The number of nitrogens with zero attached hydrogens (tertiary/aromatic N) is 5. The molecule has 1 N–H and O–H groups in total. The van der Waals surface area contributed by atoms with Crippen LogP contribution >= 0.6 is 11.8 Å². The molecule has 3 heterocycles. The number of hydrogen-bond acceptors (Lipinski definition) is 8. The molecule has 0 aliphatic carbocycles. The Morgan fingerprint density at radius 1 is 1.36 bits per heavy atom. The average molecular weight is 400 g/mol. The number of aromatic nitrogens is 5. The van der Waals surface area contributed by atoms with Gasteiger partial charge in [-0.15, -0.1) is 5.10 Å². The number of thioether (sulfide) groups is 1. The van der Waals surface area contributed by atoms with Crippen LogP contribution in [0.25, 0.3) is 16.9 Å². The van der Waals surface area contributed by atoms with Gasteiger partial charge in [0.2, 0.25) is 5.91 Å². The first kappa shape index (κ1) is 18.6. The molecule has 2 aromatic heterocycles. The smallest absolute Gasteiger partial charge is 0.230 e. The molecule has 1 aromatic carbocycles. The number of carbonyl (C=O) groups excluding carboxylic acids is 1. The number of carbonyl (C=O) groups is 1. The lowest BCUT2D eigenvalue weighted by atomic mass is 10.2. The highest BCUT2D eigenvalue weighted by atomic mass is 32.2. The molecule has 4 rings (SSSR count). The van der Waals surface area contributed by atoms with E-state index in [1.807, 2.05) is 24.3 Å². The van der Waals surface area contributed by atoms with E-state index in [1.165, 1.54) is 18.1 Å². The standard InChI is InChI=1S/C18H20N6O3S/c1-26-13-6-4-12(5-7-13)24-17-16(22-23-24)18(21-11-20-17)28-10-15(25)19-9-14-3-2-8-27-14/h4-7,11,14H,2-3,8-10H2,1H3,(H,19,25)/t14-/m1/s1. The van der Waals surface area contributed by atoms with Gasteiger partial charge < -0.3 is 14.8 Å². The second-order valence-corrected chi connectivity index (χ2v) is 7.24. The van der Waals surface area contributed by atoms with Crippen molar-refractivity contribution in [2.75, 3.05) is 26.0 Å². The summed E-state index contributed by atoms with van der Waals surface area (Å²) in [6.45, 7) is 1.32. The molecule has 1 fully saturated rings. The molecule has 10 heteroatoms. The number of fused-ring (bicyclic) bond motifs is 1. The minimum absolute atomic E-state index is 0.0604. The zero-order valence-corrected chi connectivity index (χ0v) is 16.2. The number of amides is 1. The summed E-state index contributed by atoms with van der Waals surface area (Å²) in [5.74, 6) is 0.941. The van der Waals surface area contributed by atoms with Gasteiger partial charge in [-0.25, -0.2) is 9.97 Å². The van der Waals surface area contributed by atoms with Crippen LogP contribution in [0.4, 0.5) is 0 Å². The van der Waals surface area contributed by atoms with E-state index in [-0.39, 0.29) is 17.8 Å². The molecule has 0 unspecified atom stereocenters. The van der Waals surface area contributed by atoms with E-state index in [2.05, 4.69) is 25.6 Å². The highest BCUT2D eigenvalue weighted by Crippen LogP contribution is 2.24. The molecule has 3 aromatic rings. The van der Waals surface area contributed by atoms with Crippen LogP contribution in [-0.2, 0) is 9.53 Å². The van der Waals surface area contributed by atoms with Crippen molar-refractivity contribution in [1.29, 1.82) is 0 Å². The van der Waals surface area contributed by atoms with Gasteiger partial charge in [0.1, 0.15) is 17.1 Å². The molecule has 1 aliphatic heterocycles. The van der Waals surface area contributed by atoms with Crippen LogP contribution in [-0.4, -0.2) is 63.0 Å². The van der Waals surface area contributed by atoms with E-state index in [0.717, 1.165) is 30.9 Å². The largest absolute Gasteiger partial charge is 0.497 e. The van der Waals surface area contributed by atoms with Crippen LogP contribution in [0.5, 0.6) is 5.75 Å². The van der Waals surface area contributed by atoms with Gasteiger partial charge >= 0.3 is 0 Å². The summed E-state index contributed by atoms with van der Waals surface area (Å²) >= 11 is 1.32. The molecular weight excluding hydrogens is 380 g/mol. The zero-order chi connectivity index (χ0) is 19.3. The van der Waals surface area contributed by atoms with E-state index < -0.39 is 0 Å². The topological polar surface area (TPSA) is 104 Å². The summed E-state index contributed by atoms with van der Waals surface area (Å²) in [7, 11) is 1.62. The van der Waals surface area contributed by atoms with Crippen molar-refractivity contribution >= 4 is 28.8 Å². The Bertz CT molecular complexity index is 956. The molecular formula is C18H20N6O3S. The minimum atomic E-state index is -0.0604. The van der Waals surface area contributed by atoms with E-state index in [9.17, 15) is 4.79 Å². The molecule has 0 saturated carbocycles. The van der Waals surface area contributed by atoms with Gasteiger partial charge in [0, 0.05) is 13.2 Å². The second-order valence-electron chi connectivity index (χ2n) is 6.28. The van der Waals surface area contributed by atoms with Crippen molar-refractivity contribution in [1.82, 2.24) is 30.3 Å². The number of benzene rings is 1.